The molecule has 0 spiro atoms. The normalized spacial score (nSPS) is 12.9. The number of aliphatic carboxylic acids is 2. The Bertz CT molecular complexity index is 1220. The average Bonchev–Trinajstić information content (AvgIpc) is 3.18. The third kappa shape index (κ3) is 5.03. The zero-order valence-electron chi connectivity index (χ0n) is 19.2. The molecule has 2 aromatic carbocycles. The number of hydrogen-bond acceptors (Lipinski definition) is 5. The van der Waals surface area contributed by atoms with Crippen molar-refractivity contribution in [2.75, 3.05) is 6.61 Å². The molecule has 176 valence electrons. The predicted octanol–water partition coefficient (Wildman–Crippen LogP) is 5.09. The van der Waals surface area contributed by atoms with Gasteiger partial charge in [0, 0.05) is 17.5 Å². The molecule has 2 N–H and O–H groups in total. The smallest absolute Gasteiger partial charge is 0.318 e. The Hall–Kier alpha value is -3.87. The van der Waals surface area contributed by atoms with Crippen LogP contribution in [0.4, 0.5) is 0 Å². The van der Waals surface area contributed by atoms with Gasteiger partial charge in [0.05, 0.1) is 12.3 Å². The van der Waals surface area contributed by atoms with Crippen LogP contribution in [0.15, 0.2) is 53.0 Å². The molecule has 1 aromatic heterocycles. The number of benzene rings is 2. The number of nitrogens with zero attached hydrogens (tertiary/aromatic N) is 1. The van der Waals surface area contributed by atoms with Crippen LogP contribution in [0.1, 0.15) is 41.0 Å². The monoisotopic (exact) mass is 461 g/mol. The van der Waals surface area contributed by atoms with E-state index in [1.54, 1.807) is 0 Å². The van der Waals surface area contributed by atoms with E-state index < -0.39 is 17.9 Å². The van der Waals surface area contributed by atoms with E-state index in [-0.39, 0.29) is 6.42 Å². The average molecular weight is 462 g/mol. The first-order valence-electron chi connectivity index (χ1n) is 11.3. The number of carbonyl (C=O) groups is 2. The van der Waals surface area contributed by atoms with Crippen LogP contribution >= 0.6 is 0 Å². The minimum absolute atomic E-state index is 0.0545. The van der Waals surface area contributed by atoms with E-state index in [4.69, 9.17) is 9.15 Å². The number of aryl methyl sites for hydroxylation is 2. The maximum Gasteiger partial charge on any atom is 0.318 e. The van der Waals surface area contributed by atoms with Gasteiger partial charge in [0.25, 0.3) is 0 Å². The van der Waals surface area contributed by atoms with E-state index in [2.05, 4.69) is 4.98 Å². The lowest BCUT2D eigenvalue weighted by molar-refractivity contribution is -0.154. The van der Waals surface area contributed by atoms with Gasteiger partial charge in [-0.05, 0) is 62.4 Å². The summed E-state index contributed by atoms with van der Waals surface area (Å²) in [5.74, 6) is -2.06. The van der Waals surface area contributed by atoms with Crippen molar-refractivity contribution < 1.29 is 29.0 Å². The summed E-state index contributed by atoms with van der Waals surface area (Å²) in [6.45, 7) is 4.33. The van der Waals surface area contributed by atoms with Gasteiger partial charge in [0.2, 0.25) is 5.89 Å². The minimum atomic E-state index is -1.47. The van der Waals surface area contributed by atoms with E-state index in [9.17, 15) is 19.8 Å². The molecule has 3 aromatic rings. The first-order chi connectivity index (χ1) is 16.3. The first kappa shape index (κ1) is 23.3. The van der Waals surface area contributed by atoms with E-state index in [0.717, 1.165) is 45.9 Å². The third-order valence-electron chi connectivity index (χ3n) is 6.07. The lowest BCUT2D eigenvalue weighted by atomic mass is 9.85. The van der Waals surface area contributed by atoms with Gasteiger partial charge in [0.15, 0.2) is 5.92 Å². The van der Waals surface area contributed by atoms with Gasteiger partial charge in [-0.2, -0.15) is 0 Å². The topological polar surface area (TPSA) is 110 Å². The maximum absolute atomic E-state index is 11.4. The molecule has 0 unspecified atom stereocenters. The lowest BCUT2D eigenvalue weighted by Crippen LogP contribution is -2.24. The van der Waals surface area contributed by atoms with Crippen molar-refractivity contribution in [2.24, 2.45) is 5.92 Å². The molecule has 7 nitrogen and oxygen atoms in total. The molecule has 4 rings (SSSR count). The summed E-state index contributed by atoms with van der Waals surface area (Å²) >= 11 is 0. The number of rotatable bonds is 9. The Morgan fingerprint density at radius 3 is 2.53 bits per heavy atom. The number of oxazole rings is 1. The molecule has 1 aliphatic carbocycles. The Morgan fingerprint density at radius 2 is 1.82 bits per heavy atom. The highest BCUT2D eigenvalue weighted by molar-refractivity contribution is 5.95. The Balaban J connectivity index is 1.45. The summed E-state index contributed by atoms with van der Waals surface area (Å²) < 4.78 is 12.0. The number of aromatic nitrogens is 1. The van der Waals surface area contributed by atoms with E-state index in [1.165, 1.54) is 5.56 Å². The maximum atomic E-state index is 11.4. The Labute approximate surface area is 197 Å². The van der Waals surface area contributed by atoms with Gasteiger partial charge < -0.3 is 19.4 Å². The third-order valence-corrected chi connectivity index (χ3v) is 6.07. The molecule has 1 heterocycles. The SMILES string of the molecule is Cc1ccc(-c2nc(CCOc3cccc4c3CCC=C4CC(C(=O)O)C(=O)O)c(C)o2)cc1. The fourth-order valence-corrected chi connectivity index (χ4v) is 4.19. The second-order valence-electron chi connectivity index (χ2n) is 8.47. The summed E-state index contributed by atoms with van der Waals surface area (Å²) in [6, 6.07) is 13.6. The quantitative estimate of drug-likeness (QED) is 0.427. The van der Waals surface area contributed by atoms with Crippen molar-refractivity contribution in [2.45, 2.75) is 39.5 Å². The molecule has 0 saturated heterocycles. The number of carboxylic acid groups (broad SMARTS) is 2. The van der Waals surface area contributed by atoms with Crippen LogP contribution in [0.5, 0.6) is 5.75 Å². The molecule has 0 radical (unpaired) electrons. The molecule has 0 saturated carbocycles. The molecule has 1 aliphatic rings. The molecule has 0 bridgehead atoms. The largest absolute Gasteiger partial charge is 0.493 e. The van der Waals surface area contributed by atoms with Gasteiger partial charge in [-0.3, -0.25) is 9.59 Å². The van der Waals surface area contributed by atoms with Crippen LogP contribution in [-0.2, 0) is 22.4 Å². The fraction of sp³-hybridized carbons (Fsp3) is 0.296. The fourth-order valence-electron chi connectivity index (χ4n) is 4.19. The van der Waals surface area contributed by atoms with E-state index in [1.807, 2.05) is 62.4 Å². The van der Waals surface area contributed by atoms with Gasteiger partial charge in [0.1, 0.15) is 11.5 Å². The summed E-state index contributed by atoms with van der Waals surface area (Å²) in [5.41, 5.74) is 5.51. The van der Waals surface area contributed by atoms with Crippen LogP contribution in [-0.4, -0.2) is 33.7 Å². The molecule has 0 fully saturated rings. The highest BCUT2D eigenvalue weighted by atomic mass is 16.5. The van der Waals surface area contributed by atoms with Crippen LogP contribution < -0.4 is 4.74 Å². The van der Waals surface area contributed by atoms with Gasteiger partial charge in [-0.25, -0.2) is 4.98 Å². The van der Waals surface area contributed by atoms with Gasteiger partial charge in [-0.15, -0.1) is 0 Å². The van der Waals surface area contributed by atoms with Crippen molar-refractivity contribution >= 4 is 17.5 Å². The van der Waals surface area contributed by atoms with Crippen LogP contribution in [0.3, 0.4) is 0 Å². The lowest BCUT2D eigenvalue weighted by Gasteiger charge is -2.22. The van der Waals surface area contributed by atoms with Gasteiger partial charge >= 0.3 is 11.9 Å². The zero-order chi connectivity index (χ0) is 24.2. The number of hydrogen-bond donors (Lipinski definition) is 2. The first-order valence-corrected chi connectivity index (χ1v) is 11.3. The highest BCUT2D eigenvalue weighted by Gasteiger charge is 2.29. The summed E-state index contributed by atoms with van der Waals surface area (Å²) in [5, 5.41) is 18.5. The van der Waals surface area contributed by atoms with E-state index in [0.29, 0.717) is 25.3 Å². The van der Waals surface area contributed by atoms with Crippen LogP contribution in [0.2, 0.25) is 0 Å². The molecule has 34 heavy (non-hydrogen) atoms. The predicted molar refractivity (Wildman–Crippen MR) is 127 cm³/mol. The van der Waals surface area contributed by atoms with Crippen molar-refractivity contribution in [3.63, 3.8) is 0 Å². The van der Waals surface area contributed by atoms with Crippen LogP contribution in [0, 0.1) is 19.8 Å². The number of carboxylic acids is 2. The van der Waals surface area contributed by atoms with Crippen molar-refractivity contribution in [1.29, 1.82) is 0 Å². The molecular weight excluding hydrogens is 434 g/mol. The summed E-state index contributed by atoms with van der Waals surface area (Å²) in [4.78, 5) is 27.4. The number of allylic oxidation sites excluding steroid dienone is 2. The van der Waals surface area contributed by atoms with Crippen LogP contribution in [0.25, 0.3) is 17.0 Å². The molecule has 0 atom stereocenters. The molecule has 0 aliphatic heterocycles. The molecule has 0 amide bonds. The minimum Gasteiger partial charge on any atom is -0.493 e. The molecule has 7 heteroatoms. The van der Waals surface area contributed by atoms with Gasteiger partial charge in [-0.1, -0.05) is 35.9 Å². The Morgan fingerprint density at radius 1 is 1.09 bits per heavy atom. The van der Waals surface area contributed by atoms with Crippen molar-refractivity contribution in [3.05, 3.63) is 76.7 Å². The second-order valence-corrected chi connectivity index (χ2v) is 8.47. The van der Waals surface area contributed by atoms with Crippen molar-refractivity contribution in [1.82, 2.24) is 4.98 Å². The zero-order valence-corrected chi connectivity index (χ0v) is 19.2. The Kier molecular flexibility index (Phi) is 6.82. The van der Waals surface area contributed by atoms with Crippen molar-refractivity contribution in [3.8, 4) is 17.2 Å². The molecular formula is C27H27NO6. The van der Waals surface area contributed by atoms with E-state index >= 15 is 0 Å². The summed E-state index contributed by atoms with van der Waals surface area (Å²) in [7, 11) is 0. The summed E-state index contributed by atoms with van der Waals surface area (Å²) in [6.07, 6.45) is 3.91. The number of fused-ring (bicyclic) bond motifs is 1. The number of ether oxygens (including phenoxy) is 1. The second kappa shape index (κ2) is 9.95. The highest BCUT2D eigenvalue weighted by Crippen LogP contribution is 2.36. The standard InChI is InChI=1S/C27H27NO6/c1-16-9-11-18(12-10-16)25-28-23(17(2)34-25)13-14-33-24-8-4-6-20-19(5-3-7-21(20)24)15-22(26(29)30)27(31)32/h4-6,8-12,22H,3,7,13-15H2,1-2H3,(H,29,30)(H,31,32).